The lowest BCUT2D eigenvalue weighted by molar-refractivity contribution is 1.11. The first-order chi connectivity index (χ1) is 9.13. The van der Waals surface area contributed by atoms with E-state index in [1.807, 2.05) is 59.8 Å². The molecule has 4 nitrogen and oxygen atoms in total. The van der Waals surface area contributed by atoms with Crippen molar-refractivity contribution in [3.8, 4) is 11.4 Å². The molecule has 0 atom stereocenters. The van der Waals surface area contributed by atoms with Crippen molar-refractivity contribution in [2.45, 2.75) is 6.92 Å². The first kappa shape index (κ1) is 12.3. The van der Waals surface area contributed by atoms with Crippen LogP contribution in [0.3, 0.4) is 0 Å². The van der Waals surface area contributed by atoms with Crippen LogP contribution in [0.2, 0.25) is 0 Å². The molecule has 1 aromatic carbocycles. The highest BCUT2D eigenvalue weighted by Crippen LogP contribution is 2.20. The second kappa shape index (κ2) is 4.73. The molecular weight excluding hydrogens is 353 g/mol. The van der Waals surface area contributed by atoms with Crippen molar-refractivity contribution >= 4 is 33.5 Å². The Morgan fingerprint density at radius 1 is 1.21 bits per heavy atom. The van der Waals surface area contributed by atoms with Crippen LogP contribution < -0.4 is 5.56 Å². The highest BCUT2D eigenvalue weighted by atomic mass is 127. The van der Waals surface area contributed by atoms with E-state index < -0.39 is 0 Å². The van der Waals surface area contributed by atoms with Gasteiger partial charge >= 0.3 is 0 Å². The van der Waals surface area contributed by atoms with Gasteiger partial charge in [-0.3, -0.25) is 9.78 Å². The van der Waals surface area contributed by atoms with Crippen LogP contribution in [0.4, 0.5) is 0 Å². The largest absolute Gasteiger partial charge is 0.306 e. The Bertz CT molecular complexity index is 826. The lowest BCUT2D eigenvalue weighted by Gasteiger charge is -2.03. The molecule has 1 N–H and O–H groups in total. The van der Waals surface area contributed by atoms with Crippen molar-refractivity contribution in [2.24, 2.45) is 0 Å². The molecule has 0 amide bonds. The van der Waals surface area contributed by atoms with Gasteiger partial charge in [-0.05, 0) is 53.8 Å². The van der Waals surface area contributed by atoms with E-state index in [1.54, 1.807) is 6.20 Å². The summed E-state index contributed by atoms with van der Waals surface area (Å²) in [6.07, 6.45) is 1.58. The monoisotopic (exact) mass is 363 g/mol. The Balaban J connectivity index is 2.17. The fraction of sp³-hybridized carbons (Fsp3) is 0.0714. The molecule has 0 saturated heterocycles. The molecule has 0 aliphatic rings. The zero-order valence-electron chi connectivity index (χ0n) is 10.1. The molecule has 5 heteroatoms. The molecule has 0 radical (unpaired) electrons. The van der Waals surface area contributed by atoms with Crippen LogP contribution >= 0.6 is 22.6 Å². The highest BCUT2D eigenvalue weighted by molar-refractivity contribution is 14.1. The predicted octanol–water partition coefficient (Wildman–Crippen LogP) is 2.90. The number of aromatic amines is 1. The van der Waals surface area contributed by atoms with Gasteiger partial charge in [-0.15, -0.1) is 0 Å². The zero-order chi connectivity index (χ0) is 13.4. The summed E-state index contributed by atoms with van der Waals surface area (Å²) in [5, 5.41) is 1.03. The lowest BCUT2D eigenvalue weighted by Crippen LogP contribution is -2.11. The van der Waals surface area contributed by atoms with Gasteiger partial charge in [0, 0.05) is 22.8 Å². The molecule has 19 heavy (non-hydrogen) atoms. The second-order valence-electron chi connectivity index (χ2n) is 4.27. The van der Waals surface area contributed by atoms with Crippen molar-refractivity contribution in [2.75, 3.05) is 0 Å². The third-order valence-electron chi connectivity index (χ3n) is 2.86. The van der Waals surface area contributed by atoms with Gasteiger partial charge in [0.05, 0.1) is 9.09 Å². The number of rotatable bonds is 1. The smallest absolute Gasteiger partial charge is 0.264 e. The molecule has 0 spiro atoms. The average Bonchev–Trinajstić information content (AvgIpc) is 2.41. The standard InChI is InChI=1S/C14H10IN3O/c1-8-2-3-9-6-10(4-5-12(9)17-8)13-16-7-11(15)14(19)18-13/h2-7H,1H3,(H,16,18,19). The van der Waals surface area contributed by atoms with E-state index >= 15 is 0 Å². The van der Waals surface area contributed by atoms with Crippen molar-refractivity contribution in [1.82, 2.24) is 15.0 Å². The Morgan fingerprint density at radius 3 is 2.84 bits per heavy atom. The SMILES string of the molecule is Cc1ccc2cc(-c3ncc(I)c(=O)[nH]3)ccc2n1. The maximum absolute atomic E-state index is 11.6. The summed E-state index contributed by atoms with van der Waals surface area (Å²) in [5.74, 6) is 0.577. The lowest BCUT2D eigenvalue weighted by atomic mass is 10.1. The van der Waals surface area contributed by atoms with Crippen molar-refractivity contribution in [1.29, 1.82) is 0 Å². The van der Waals surface area contributed by atoms with Crippen LogP contribution in [-0.4, -0.2) is 15.0 Å². The summed E-state index contributed by atoms with van der Waals surface area (Å²) in [6, 6.07) is 9.82. The molecule has 2 heterocycles. The van der Waals surface area contributed by atoms with Gasteiger partial charge < -0.3 is 4.98 Å². The van der Waals surface area contributed by atoms with E-state index in [9.17, 15) is 4.79 Å². The maximum Gasteiger partial charge on any atom is 0.264 e. The van der Waals surface area contributed by atoms with Crippen molar-refractivity contribution < 1.29 is 0 Å². The van der Waals surface area contributed by atoms with E-state index in [0.29, 0.717) is 9.39 Å². The number of hydrogen-bond acceptors (Lipinski definition) is 3. The summed E-state index contributed by atoms with van der Waals surface area (Å²) in [6.45, 7) is 1.96. The van der Waals surface area contributed by atoms with E-state index in [-0.39, 0.29) is 5.56 Å². The molecule has 0 aliphatic heterocycles. The molecule has 3 rings (SSSR count). The van der Waals surface area contributed by atoms with Gasteiger partial charge in [0.2, 0.25) is 0 Å². The van der Waals surface area contributed by atoms with Crippen LogP contribution in [0.1, 0.15) is 5.69 Å². The van der Waals surface area contributed by atoms with Crippen LogP contribution in [0.5, 0.6) is 0 Å². The molecule has 0 saturated carbocycles. The molecule has 94 valence electrons. The molecule has 0 unspecified atom stereocenters. The zero-order valence-corrected chi connectivity index (χ0v) is 12.3. The first-order valence-electron chi connectivity index (χ1n) is 5.76. The third-order valence-corrected chi connectivity index (χ3v) is 3.63. The number of nitrogens with one attached hydrogen (secondary N) is 1. The Hall–Kier alpha value is -1.76. The number of aromatic nitrogens is 3. The Morgan fingerprint density at radius 2 is 2.05 bits per heavy atom. The van der Waals surface area contributed by atoms with Gasteiger partial charge in [0.25, 0.3) is 5.56 Å². The summed E-state index contributed by atoms with van der Waals surface area (Å²) < 4.78 is 0.583. The van der Waals surface area contributed by atoms with Crippen LogP contribution in [0, 0.1) is 10.5 Å². The predicted molar refractivity (Wildman–Crippen MR) is 83.0 cm³/mol. The van der Waals surface area contributed by atoms with E-state index in [0.717, 1.165) is 22.2 Å². The second-order valence-corrected chi connectivity index (χ2v) is 5.43. The van der Waals surface area contributed by atoms with Crippen molar-refractivity contribution in [3.05, 3.63) is 56.1 Å². The number of H-pyrrole nitrogens is 1. The average molecular weight is 363 g/mol. The van der Waals surface area contributed by atoms with Gasteiger partial charge in [0.15, 0.2) is 0 Å². The van der Waals surface area contributed by atoms with E-state index in [1.165, 1.54) is 0 Å². The number of aryl methyl sites for hydroxylation is 1. The van der Waals surface area contributed by atoms with Gasteiger partial charge in [-0.1, -0.05) is 6.07 Å². The van der Waals surface area contributed by atoms with Gasteiger partial charge in [-0.25, -0.2) is 4.98 Å². The van der Waals surface area contributed by atoms with Crippen LogP contribution in [0.15, 0.2) is 41.3 Å². The minimum Gasteiger partial charge on any atom is -0.306 e. The first-order valence-corrected chi connectivity index (χ1v) is 6.84. The van der Waals surface area contributed by atoms with Gasteiger partial charge in [0.1, 0.15) is 5.82 Å². The topological polar surface area (TPSA) is 58.6 Å². The van der Waals surface area contributed by atoms with Gasteiger partial charge in [-0.2, -0.15) is 0 Å². The summed E-state index contributed by atoms with van der Waals surface area (Å²) >= 11 is 1.96. The highest BCUT2D eigenvalue weighted by Gasteiger charge is 2.04. The van der Waals surface area contributed by atoms with E-state index in [4.69, 9.17) is 0 Å². The number of pyridine rings is 1. The van der Waals surface area contributed by atoms with E-state index in [2.05, 4.69) is 15.0 Å². The third kappa shape index (κ3) is 2.37. The van der Waals surface area contributed by atoms with Crippen LogP contribution in [0.25, 0.3) is 22.3 Å². The number of fused-ring (bicyclic) bond motifs is 1. The normalized spacial score (nSPS) is 10.8. The fourth-order valence-corrected chi connectivity index (χ4v) is 2.17. The van der Waals surface area contributed by atoms with Crippen LogP contribution in [-0.2, 0) is 0 Å². The maximum atomic E-state index is 11.6. The fourth-order valence-electron chi connectivity index (χ4n) is 1.90. The minimum absolute atomic E-state index is 0.118. The quantitative estimate of drug-likeness (QED) is 0.677. The number of benzene rings is 1. The Labute approximate surface area is 123 Å². The molecule has 0 fully saturated rings. The molecule has 0 aliphatic carbocycles. The summed E-state index contributed by atoms with van der Waals surface area (Å²) in [4.78, 5) is 23.1. The number of hydrogen-bond donors (Lipinski definition) is 1. The Kier molecular flexibility index (Phi) is 3.06. The summed E-state index contributed by atoms with van der Waals surface area (Å²) in [5.41, 5.74) is 2.69. The summed E-state index contributed by atoms with van der Waals surface area (Å²) in [7, 11) is 0. The van der Waals surface area contributed by atoms with Crippen molar-refractivity contribution in [3.63, 3.8) is 0 Å². The molecule has 0 bridgehead atoms. The molecule has 3 aromatic rings. The number of nitrogens with zero attached hydrogens (tertiary/aromatic N) is 2. The number of halogens is 1. The minimum atomic E-state index is -0.118. The molecule has 2 aromatic heterocycles. The molecular formula is C14H10IN3O.